The molecule has 1 aliphatic heterocycles. The Balaban J connectivity index is 1.45. The van der Waals surface area contributed by atoms with Crippen LogP contribution in [0, 0.1) is 0 Å². The van der Waals surface area contributed by atoms with Gasteiger partial charge in [0.2, 0.25) is 0 Å². The fourth-order valence-electron chi connectivity index (χ4n) is 3.84. The van der Waals surface area contributed by atoms with Gasteiger partial charge in [0.15, 0.2) is 9.84 Å². The van der Waals surface area contributed by atoms with Crippen molar-refractivity contribution in [1.29, 1.82) is 0 Å². The van der Waals surface area contributed by atoms with E-state index in [0.717, 1.165) is 29.7 Å². The summed E-state index contributed by atoms with van der Waals surface area (Å²) in [5, 5.41) is 0.111. The number of pyridine rings is 1. The minimum atomic E-state index is -4.85. The number of hydrogen-bond acceptors (Lipinski definition) is 5. The molecule has 1 fully saturated rings. The summed E-state index contributed by atoms with van der Waals surface area (Å²) in [7, 11) is -3.76. The van der Waals surface area contributed by atoms with Gasteiger partial charge in [0.1, 0.15) is 5.75 Å². The van der Waals surface area contributed by atoms with Crippen LogP contribution in [0.25, 0.3) is 10.9 Å². The summed E-state index contributed by atoms with van der Waals surface area (Å²) in [5.41, 5.74) is 1.06. The number of nitrogens with zero attached hydrogens (tertiary/aromatic N) is 2. The Morgan fingerprint density at radius 3 is 2.31 bits per heavy atom. The molecule has 0 aliphatic carbocycles. The van der Waals surface area contributed by atoms with Gasteiger partial charge >= 0.3 is 6.36 Å². The first-order valence-electron chi connectivity index (χ1n) is 9.88. The Hall–Kier alpha value is -3.14. The predicted octanol–water partition coefficient (Wildman–Crippen LogP) is 4.21. The molecule has 0 atom stereocenters. The molecule has 1 aromatic heterocycles. The summed E-state index contributed by atoms with van der Waals surface area (Å²) in [5.74, 6) is -0.695. The van der Waals surface area contributed by atoms with Gasteiger partial charge in [-0.2, -0.15) is 0 Å². The summed E-state index contributed by atoms with van der Waals surface area (Å²) in [6.07, 6.45) is -2.78. The lowest BCUT2D eigenvalue weighted by atomic mass is 10.1. The Labute approximate surface area is 182 Å². The van der Waals surface area contributed by atoms with E-state index in [2.05, 4.69) is 9.72 Å². The van der Waals surface area contributed by atoms with Crippen molar-refractivity contribution in [3.63, 3.8) is 0 Å². The van der Waals surface area contributed by atoms with Gasteiger partial charge in [-0.15, -0.1) is 13.2 Å². The first kappa shape index (κ1) is 22.1. The third-order valence-electron chi connectivity index (χ3n) is 5.42. The molecule has 0 unspecified atom stereocenters. The van der Waals surface area contributed by atoms with E-state index in [9.17, 15) is 26.4 Å². The number of halogens is 3. The molecule has 0 spiro atoms. The molecule has 10 heteroatoms. The van der Waals surface area contributed by atoms with Crippen molar-refractivity contribution in [3.05, 3.63) is 66.4 Å². The van der Waals surface area contributed by atoms with Crippen LogP contribution in [0.4, 0.5) is 13.2 Å². The number of carbonyl (C=O) groups excluding carboxylic acids is 1. The van der Waals surface area contributed by atoms with E-state index in [1.807, 2.05) is 12.1 Å². The van der Waals surface area contributed by atoms with Crippen molar-refractivity contribution in [1.82, 2.24) is 9.88 Å². The van der Waals surface area contributed by atoms with Gasteiger partial charge in [0, 0.05) is 24.7 Å². The van der Waals surface area contributed by atoms with E-state index in [1.165, 1.54) is 0 Å². The molecule has 2 heterocycles. The molecule has 32 heavy (non-hydrogen) atoms. The molecule has 0 radical (unpaired) electrons. The number of para-hydroxylation sites is 1. The number of fused-ring (bicyclic) bond motifs is 1. The van der Waals surface area contributed by atoms with E-state index >= 15 is 0 Å². The maximum atomic E-state index is 13.0. The number of rotatable bonds is 4. The number of piperidine rings is 1. The molecule has 2 aromatic carbocycles. The summed E-state index contributed by atoms with van der Waals surface area (Å²) in [4.78, 5) is 18.9. The van der Waals surface area contributed by atoms with Crippen LogP contribution in [0.15, 0.2) is 65.7 Å². The van der Waals surface area contributed by atoms with Gasteiger partial charge in [-0.05, 0) is 49.2 Å². The molecule has 1 aliphatic rings. The summed E-state index contributed by atoms with van der Waals surface area (Å²) in [6, 6.07) is 13.2. The largest absolute Gasteiger partial charge is 0.573 e. The number of amides is 1. The van der Waals surface area contributed by atoms with Crippen molar-refractivity contribution >= 4 is 26.6 Å². The molecule has 168 valence electrons. The molecule has 1 amide bonds. The van der Waals surface area contributed by atoms with Gasteiger partial charge < -0.3 is 9.64 Å². The monoisotopic (exact) mass is 464 g/mol. The van der Waals surface area contributed by atoms with Crippen molar-refractivity contribution in [3.8, 4) is 5.75 Å². The third kappa shape index (κ3) is 4.55. The molecular formula is C22H19F3N2O4S. The Bertz CT molecular complexity index is 1230. The van der Waals surface area contributed by atoms with Crippen LogP contribution in [0.2, 0.25) is 0 Å². The Morgan fingerprint density at radius 1 is 1.00 bits per heavy atom. The highest BCUT2D eigenvalue weighted by molar-refractivity contribution is 7.92. The normalized spacial score (nSPS) is 15.7. The highest BCUT2D eigenvalue weighted by atomic mass is 32.2. The minimum Gasteiger partial charge on any atom is -0.406 e. The van der Waals surface area contributed by atoms with Crippen molar-refractivity contribution < 1.29 is 31.1 Å². The second-order valence-corrected chi connectivity index (χ2v) is 9.66. The van der Waals surface area contributed by atoms with Gasteiger partial charge in [-0.25, -0.2) is 8.42 Å². The van der Waals surface area contributed by atoms with Crippen LogP contribution in [-0.4, -0.2) is 48.9 Å². The zero-order valence-corrected chi connectivity index (χ0v) is 17.6. The molecule has 0 bridgehead atoms. The Kier molecular flexibility index (Phi) is 5.81. The topological polar surface area (TPSA) is 76.6 Å². The quantitative estimate of drug-likeness (QED) is 0.578. The van der Waals surface area contributed by atoms with Gasteiger partial charge in [-0.1, -0.05) is 18.2 Å². The van der Waals surface area contributed by atoms with Crippen molar-refractivity contribution in [2.24, 2.45) is 0 Å². The lowest BCUT2D eigenvalue weighted by molar-refractivity contribution is -0.274. The molecule has 4 rings (SSSR count). The second-order valence-electron chi connectivity index (χ2n) is 7.44. The Morgan fingerprint density at radius 2 is 1.66 bits per heavy atom. The van der Waals surface area contributed by atoms with Gasteiger partial charge in [0.05, 0.1) is 21.2 Å². The van der Waals surface area contributed by atoms with Crippen molar-refractivity contribution in [2.45, 2.75) is 29.3 Å². The summed E-state index contributed by atoms with van der Waals surface area (Å²) in [6.45, 7) is 0.502. The van der Waals surface area contributed by atoms with E-state index in [0.29, 0.717) is 11.1 Å². The molecule has 0 N–H and O–H groups in total. The van der Waals surface area contributed by atoms with Crippen LogP contribution >= 0.6 is 0 Å². The number of alkyl halides is 3. The average molecular weight is 464 g/mol. The lowest BCUT2D eigenvalue weighted by Crippen LogP contribution is -2.42. The standard InChI is InChI=1S/C22H19F3N2O4S/c23-22(24,25)31-16-6-8-17(9-7-16)32(29,30)18-10-13-27(14-11-18)21(28)19-5-1-3-15-4-2-12-26-20(15)19/h1-9,12,18H,10-11,13-14H2. The molecule has 1 saturated heterocycles. The van der Waals surface area contributed by atoms with E-state index in [1.54, 1.807) is 29.3 Å². The number of ether oxygens (including phenoxy) is 1. The zero-order chi connectivity index (χ0) is 22.9. The maximum Gasteiger partial charge on any atom is 0.573 e. The van der Waals surface area contributed by atoms with E-state index < -0.39 is 27.2 Å². The van der Waals surface area contributed by atoms with Crippen LogP contribution in [0.1, 0.15) is 23.2 Å². The molecule has 3 aromatic rings. The first-order valence-corrected chi connectivity index (χ1v) is 11.4. The number of carbonyl (C=O) groups is 1. The predicted molar refractivity (Wildman–Crippen MR) is 111 cm³/mol. The minimum absolute atomic E-state index is 0.0740. The van der Waals surface area contributed by atoms with Gasteiger partial charge in [0.25, 0.3) is 5.91 Å². The zero-order valence-electron chi connectivity index (χ0n) is 16.7. The summed E-state index contributed by atoms with van der Waals surface area (Å²) < 4.78 is 66.5. The van der Waals surface area contributed by atoms with E-state index in [-0.39, 0.29) is 36.7 Å². The van der Waals surface area contributed by atoms with Crippen LogP contribution < -0.4 is 4.74 Å². The maximum absolute atomic E-state index is 13.0. The highest BCUT2D eigenvalue weighted by Crippen LogP contribution is 2.29. The summed E-state index contributed by atoms with van der Waals surface area (Å²) >= 11 is 0. The average Bonchev–Trinajstić information content (AvgIpc) is 2.77. The molecule has 0 saturated carbocycles. The number of benzene rings is 2. The number of sulfone groups is 1. The smallest absolute Gasteiger partial charge is 0.406 e. The highest BCUT2D eigenvalue weighted by Gasteiger charge is 2.34. The second kappa shape index (κ2) is 8.42. The van der Waals surface area contributed by atoms with Crippen LogP contribution in [-0.2, 0) is 9.84 Å². The lowest BCUT2D eigenvalue weighted by Gasteiger charge is -2.32. The fourth-order valence-corrected chi connectivity index (χ4v) is 5.57. The van der Waals surface area contributed by atoms with Gasteiger partial charge in [-0.3, -0.25) is 9.78 Å². The van der Waals surface area contributed by atoms with Crippen LogP contribution in [0.5, 0.6) is 5.75 Å². The fraction of sp³-hybridized carbons (Fsp3) is 0.273. The number of hydrogen-bond donors (Lipinski definition) is 0. The first-order chi connectivity index (χ1) is 15.1. The third-order valence-corrected chi connectivity index (χ3v) is 7.70. The van der Waals surface area contributed by atoms with Crippen LogP contribution in [0.3, 0.4) is 0 Å². The van der Waals surface area contributed by atoms with Crippen molar-refractivity contribution in [2.75, 3.05) is 13.1 Å². The number of aromatic nitrogens is 1. The number of likely N-dealkylation sites (tertiary alicyclic amines) is 1. The SMILES string of the molecule is O=C(c1cccc2cccnc12)N1CCC(S(=O)(=O)c2ccc(OC(F)(F)F)cc2)CC1. The van der Waals surface area contributed by atoms with E-state index in [4.69, 9.17) is 0 Å². The molecule has 6 nitrogen and oxygen atoms in total. The molecular weight excluding hydrogens is 445 g/mol.